The molecule has 3 aliphatic rings. The number of amides is 1. The van der Waals surface area contributed by atoms with Crippen molar-refractivity contribution < 1.29 is 89.4 Å². The molecule has 0 aromatic carbocycles. The molecule has 1 amide bonds. The molecule has 3 rings (SSSR count). The first-order valence-corrected chi connectivity index (χ1v) is 31.4. The topological polar surface area (TPSA) is 307 Å². The van der Waals surface area contributed by atoms with Gasteiger partial charge in [-0.3, -0.25) is 4.79 Å². The molecule has 0 spiro atoms. The normalized spacial score (nSPS) is 29.7. The number of carbonyl (C=O) groups excluding carboxylic acids is 1. The molecular formula is C67H107NO18. The molecule has 12 N–H and O–H groups in total. The third-order valence-electron chi connectivity index (χ3n) is 14.7. The molecule has 0 saturated carbocycles. The van der Waals surface area contributed by atoms with E-state index in [4.69, 9.17) is 28.4 Å². The number of ether oxygens (including phenoxy) is 6. The molecule has 0 aromatic heterocycles. The van der Waals surface area contributed by atoms with Gasteiger partial charge in [-0.2, -0.15) is 0 Å². The molecule has 0 aliphatic carbocycles. The lowest BCUT2D eigenvalue weighted by Gasteiger charge is -2.48. The molecule has 17 unspecified atom stereocenters. The van der Waals surface area contributed by atoms with E-state index in [9.17, 15) is 61.0 Å². The van der Waals surface area contributed by atoms with Crippen LogP contribution in [0.3, 0.4) is 0 Å². The maximum atomic E-state index is 13.2. The van der Waals surface area contributed by atoms with Crippen LogP contribution in [0.15, 0.2) is 134 Å². The maximum absolute atomic E-state index is 13.2. The Morgan fingerprint density at radius 2 is 0.802 bits per heavy atom. The van der Waals surface area contributed by atoms with Crippen molar-refractivity contribution in [2.75, 3.05) is 26.4 Å². The van der Waals surface area contributed by atoms with Crippen molar-refractivity contribution in [1.29, 1.82) is 0 Å². The fraction of sp³-hybridized carbons (Fsp3) is 0.657. The summed E-state index contributed by atoms with van der Waals surface area (Å²) in [4.78, 5) is 13.2. The first-order chi connectivity index (χ1) is 41.8. The van der Waals surface area contributed by atoms with Gasteiger partial charge in [0, 0.05) is 6.42 Å². The van der Waals surface area contributed by atoms with Crippen molar-refractivity contribution in [3.8, 4) is 0 Å². The van der Waals surface area contributed by atoms with Crippen LogP contribution in [0.25, 0.3) is 0 Å². The highest BCUT2D eigenvalue weighted by Gasteiger charge is 2.53. The van der Waals surface area contributed by atoms with Crippen LogP contribution in [0.4, 0.5) is 0 Å². The second kappa shape index (κ2) is 47.9. The summed E-state index contributed by atoms with van der Waals surface area (Å²) in [5.41, 5.74) is 0. The Bertz CT molecular complexity index is 2080. The van der Waals surface area contributed by atoms with Crippen molar-refractivity contribution in [3.63, 3.8) is 0 Å². The number of hydrogen-bond donors (Lipinski definition) is 12. The van der Waals surface area contributed by atoms with E-state index < -0.39 is 124 Å². The summed E-state index contributed by atoms with van der Waals surface area (Å²) >= 11 is 0. The number of hydrogen-bond acceptors (Lipinski definition) is 18. The number of aliphatic hydroxyl groups is 11. The van der Waals surface area contributed by atoms with Gasteiger partial charge in [0.2, 0.25) is 5.91 Å². The average molecular weight is 1210 g/mol. The van der Waals surface area contributed by atoms with E-state index in [1.807, 2.05) is 0 Å². The van der Waals surface area contributed by atoms with Gasteiger partial charge in [0.1, 0.15) is 73.2 Å². The number of allylic oxidation sites excluding steroid dienone is 22. The lowest BCUT2D eigenvalue weighted by atomic mass is 9.96. The molecular weight excluding hydrogens is 1110 g/mol. The second-order valence-electron chi connectivity index (χ2n) is 21.8. The van der Waals surface area contributed by atoms with E-state index in [-0.39, 0.29) is 18.9 Å². The zero-order chi connectivity index (χ0) is 62.6. The van der Waals surface area contributed by atoms with Crippen molar-refractivity contribution >= 4 is 5.91 Å². The molecule has 3 aliphatic heterocycles. The molecule has 0 radical (unpaired) electrons. The highest BCUT2D eigenvalue weighted by atomic mass is 16.8. The van der Waals surface area contributed by atoms with E-state index in [0.29, 0.717) is 19.3 Å². The van der Waals surface area contributed by atoms with Crippen LogP contribution in [0.5, 0.6) is 0 Å². The van der Waals surface area contributed by atoms with Gasteiger partial charge in [0.05, 0.1) is 38.6 Å². The maximum Gasteiger partial charge on any atom is 0.220 e. The summed E-state index contributed by atoms with van der Waals surface area (Å²) in [5.74, 6) is -0.292. The van der Waals surface area contributed by atoms with Crippen LogP contribution in [0, 0.1) is 0 Å². The third kappa shape index (κ3) is 30.4. The van der Waals surface area contributed by atoms with Crippen LogP contribution >= 0.6 is 0 Å². The van der Waals surface area contributed by atoms with E-state index in [2.05, 4.69) is 153 Å². The van der Waals surface area contributed by atoms with Crippen LogP contribution in [0.1, 0.15) is 149 Å². The quantitative estimate of drug-likeness (QED) is 0.0225. The van der Waals surface area contributed by atoms with Crippen LogP contribution in [-0.4, -0.2) is 193 Å². The molecule has 3 fully saturated rings. The van der Waals surface area contributed by atoms with Crippen molar-refractivity contribution in [2.24, 2.45) is 0 Å². The van der Waals surface area contributed by atoms with Gasteiger partial charge in [-0.15, -0.1) is 0 Å². The number of aliphatic hydroxyl groups excluding tert-OH is 11. The Balaban J connectivity index is 1.31. The van der Waals surface area contributed by atoms with Crippen LogP contribution in [0.2, 0.25) is 0 Å². The zero-order valence-electron chi connectivity index (χ0n) is 51.0. The van der Waals surface area contributed by atoms with E-state index >= 15 is 0 Å². The highest BCUT2D eigenvalue weighted by Crippen LogP contribution is 2.33. The summed E-state index contributed by atoms with van der Waals surface area (Å²) in [6, 6.07) is -0.911. The van der Waals surface area contributed by atoms with Gasteiger partial charge in [-0.05, 0) is 96.3 Å². The standard InChI is InChI=1S/C67H107NO18/c1-3-5-7-9-10-11-12-13-14-15-16-17-18-19-20-21-22-23-24-25-26-27-28-29-30-31-32-33-34-35-36-37-38-39-40-41-43-45-55(73)68-50(51(72)44-42-8-6-4-2)49-81-65-61(79)58(76)63(53(47-70)83-65)86-67-62(80)59(77)64(54(48-71)84-67)85-66-60(78)57(75)56(74)52(46-69)82-66/h5,7,10-11,13-14,16-17,19-20,22-23,25-26,28-29,31-32,34-35,37-38,50-54,56-67,69-72,74-80H,3-4,6,8-9,12,15,18,21,24,27,30,33,36,39-49H2,1-2H3,(H,68,73)/b7-5-,11-10-,14-13-,17-16-,20-19-,23-22-,26-25-,29-28-,32-31-,35-34-,38-37-. The first-order valence-electron chi connectivity index (χ1n) is 31.4. The molecule has 0 aromatic rings. The summed E-state index contributed by atoms with van der Waals surface area (Å²) in [6.07, 6.45) is 39.4. The minimum Gasteiger partial charge on any atom is -0.394 e. The largest absolute Gasteiger partial charge is 0.394 e. The fourth-order valence-corrected chi connectivity index (χ4v) is 9.61. The Morgan fingerprint density at radius 1 is 0.430 bits per heavy atom. The van der Waals surface area contributed by atoms with Gasteiger partial charge in [-0.25, -0.2) is 0 Å². The molecule has 19 nitrogen and oxygen atoms in total. The Kier molecular flexibility index (Phi) is 42.4. The van der Waals surface area contributed by atoms with Crippen LogP contribution < -0.4 is 5.32 Å². The van der Waals surface area contributed by atoms with E-state index in [1.54, 1.807) is 0 Å². The Labute approximate surface area is 511 Å². The smallest absolute Gasteiger partial charge is 0.220 e. The SMILES string of the molecule is CC/C=C\C/C=C\C/C=C\C/C=C\C/C=C\C/C=C\C/C=C\C/C=C\C/C=C\C/C=C\C/C=C\CCCCCC(=O)NC(COC1OC(CO)C(OC2OC(CO)C(OC3OC(CO)C(O)C(O)C3O)C(O)C2O)C(O)C1O)C(O)CCCCCC. The van der Waals surface area contributed by atoms with E-state index in [1.165, 1.54) is 0 Å². The van der Waals surface area contributed by atoms with Crippen LogP contribution in [-0.2, 0) is 33.2 Å². The predicted octanol–water partition coefficient (Wildman–Crippen LogP) is 6.65. The summed E-state index contributed by atoms with van der Waals surface area (Å²) in [7, 11) is 0. The lowest BCUT2D eigenvalue weighted by molar-refractivity contribution is -0.379. The van der Waals surface area contributed by atoms with Crippen molar-refractivity contribution in [3.05, 3.63) is 134 Å². The molecule has 3 saturated heterocycles. The number of nitrogens with one attached hydrogen (secondary N) is 1. The second-order valence-corrected chi connectivity index (χ2v) is 21.8. The lowest BCUT2D eigenvalue weighted by Crippen LogP contribution is -2.66. The zero-order valence-corrected chi connectivity index (χ0v) is 51.0. The number of carbonyl (C=O) groups is 1. The van der Waals surface area contributed by atoms with Gasteiger partial charge in [-0.1, -0.05) is 180 Å². The highest BCUT2D eigenvalue weighted by molar-refractivity contribution is 5.76. The number of unbranched alkanes of at least 4 members (excludes halogenated alkanes) is 6. The summed E-state index contributed by atoms with van der Waals surface area (Å²) in [6.45, 7) is 1.46. The van der Waals surface area contributed by atoms with Crippen molar-refractivity contribution in [1.82, 2.24) is 5.32 Å². The monoisotopic (exact) mass is 1210 g/mol. The molecule has 0 bridgehead atoms. The minimum absolute atomic E-state index is 0.214. The average Bonchev–Trinajstić information content (AvgIpc) is 1.41. The molecule has 17 atom stereocenters. The van der Waals surface area contributed by atoms with Gasteiger partial charge in [0.25, 0.3) is 0 Å². The predicted molar refractivity (Wildman–Crippen MR) is 332 cm³/mol. The summed E-state index contributed by atoms with van der Waals surface area (Å²) in [5, 5.41) is 119. The minimum atomic E-state index is -1.98. The Morgan fingerprint density at radius 3 is 1.22 bits per heavy atom. The van der Waals surface area contributed by atoms with Gasteiger partial charge in [0.15, 0.2) is 18.9 Å². The van der Waals surface area contributed by atoms with Crippen molar-refractivity contribution in [2.45, 2.75) is 253 Å². The van der Waals surface area contributed by atoms with E-state index in [0.717, 1.165) is 109 Å². The molecule has 488 valence electrons. The third-order valence-corrected chi connectivity index (χ3v) is 14.7. The summed E-state index contributed by atoms with van der Waals surface area (Å²) < 4.78 is 34.0. The number of rotatable bonds is 44. The molecule has 19 heteroatoms. The van der Waals surface area contributed by atoms with Gasteiger partial charge >= 0.3 is 0 Å². The van der Waals surface area contributed by atoms with Gasteiger partial charge < -0.3 is 89.9 Å². The Hall–Kier alpha value is -4.07. The first kappa shape index (κ1) is 76.2. The molecule has 3 heterocycles. The fourth-order valence-electron chi connectivity index (χ4n) is 9.61. The molecule has 86 heavy (non-hydrogen) atoms.